The van der Waals surface area contributed by atoms with E-state index < -0.39 is 10.0 Å². The molecule has 0 bridgehead atoms. The van der Waals surface area contributed by atoms with E-state index in [0.29, 0.717) is 18.8 Å². The van der Waals surface area contributed by atoms with Gasteiger partial charge in [0.15, 0.2) is 0 Å². The summed E-state index contributed by atoms with van der Waals surface area (Å²) in [6.07, 6.45) is 1.89. The van der Waals surface area contributed by atoms with Crippen molar-refractivity contribution >= 4 is 33.2 Å². The molecule has 0 spiro atoms. The van der Waals surface area contributed by atoms with Crippen molar-refractivity contribution in [2.24, 2.45) is 0 Å². The maximum absolute atomic E-state index is 12.7. The number of aryl methyl sites for hydroxylation is 1. The van der Waals surface area contributed by atoms with Crippen molar-refractivity contribution in [2.75, 3.05) is 17.9 Å². The van der Waals surface area contributed by atoms with E-state index in [1.807, 2.05) is 13.0 Å². The van der Waals surface area contributed by atoms with Gasteiger partial charge in [-0.25, -0.2) is 8.42 Å². The number of benzene rings is 2. The molecular formula is C19H21ClN2O4S. The fourth-order valence-corrected chi connectivity index (χ4v) is 4.46. The van der Waals surface area contributed by atoms with E-state index in [1.165, 1.54) is 18.2 Å². The molecule has 1 atom stereocenters. The number of ether oxygens (including phenoxy) is 1. The van der Waals surface area contributed by atoms with Gasteiger partial charge < -0.3 is 10.1 Å². The predicted octanol–water partition coefficient (Wildman–Crippen LogP) is 3.36. The molecule has 1 aliphatic rings. The normalized spacial score (nSPS) is 16.9. The van der Waals surface area contributed by atoms with Crippen LogP contribution in [0.2, 0.25) is 5.02 Å². The van der Waals surface area contributed by atoms with Gasteiger partial charge in [-0.1, -0.05) is 23.7 Å². The van der Waals surface area contributed by atoms with Crippen molar-refractivity contribution in [1.82, 2.24) is 5.32 Å². The van der Waals surface area contributed by atoms with Crippen molar-refractivity contribution < 1.29 is 17.9 Å². The monoisotopic (exact) mass is 408 g/mol. The van der Waals surface area contributed by atoms with Gasteiger partial charge in [0.25, 0.3) is 15.9 Å². The minimum absolute atomic E-state index is 0.00689. The molecule has 0 radical (unpaired) electrons. The molecule has 0 unspecified atom stereocenters. The van der Waals surface area contributed by atoms with Gasteiger partial charge in [0, 0.05) is 24.4 Å². The van der Waals surface area contributed by atoms with Gasteiger partial charge in [-0.05, 0) is 55.7 Å². The Bertz CT molecular complexity index is 940. The Morgan fingerprint density at radius 1 is 1.26 bits per heavy atom. The first-order chi connectivity index (χ1) is 12.8. The van der Waals surface area contributed by atoms with Crippen LogP contribution in [0.3, 0.4) is 0 Å². The number of carbonyl (C=O) groups is 1. The highest BCUT2D eigenvalue weighted by molar-refractivity contribution is 7.92. The van der Waals surface area contributed by atoms with Crippen LogP contribution in [-0.2, 0) is 14.8 Å². The summed E-state index contributed by atoms with van der Waals surface area (Å²) in [5.41, 5.74) is 1.57. The number of amides is 1. The van der Waals surface area contributed by atoms with Gasteiger partial charge in [-0.15, -0.1) is 0 Å². The summed E-state index contributed by atoms with van der Waals surface area (Å²) < 4.78 is 33.4. The largest absolute Gasteiger partial charge is 0.376 e. The lowest BCUT2D eigenvalue weighted by atomic mass is 10.2. The van der Waals surface area contributed by atoms with Crippen molar-refractivity contribution in [1.29, 1.82) is 0 Å². The van der Waals surface area contributed by atoms with Gasteiger partial charge in [-0.3, -0.25) is 9.52 Å². The molecule has 0 aromatic heterocycles. The van der Waals surface area contributed by atoms with Crippen LogP contribution >= 0.6 is 11.6 Å². The number of halogens is 1. The third-order valence-corrected chi connectivity index (χ3v) is 6.13. The zero-order valence-electron chi connectivity index (χ0n) is 14.9. The number of anilines is 1. The molecule has 2 aromatic carbocycles. The molecule has 3 rings (SSSR count). The van der Waals surface area contributed by atoms with Gasteiger partial charge in [0.2, 0.25) is 0 Å². The zero-order valence-corrected chi connectivity index (χ0v) is 16.4. The maximum atomic E-state index is 12.7. The molecule has 1 amide bonds. The second kappa shape index (κ2) is 8.29. The van der Waals surface area contributed by atoms with E-state index in [9.17, 15) is 13.2 Å². The van der Waals surface area contributed by atoms with Gasteiger partial charge in [0.1, 0.15) is 4.90 Å². The van der Waals surface area contributed by atoms with Gasteiger partial charge in [0.05, 0.1) is 11.1 Å². The fourth-order valence-electron chi connectivity index (χ4n) is 2.88. The van der Waals surface area contributed by atoms with E-state index in [-0.39, 0.29) is 27.5 Å². The lowest BCUT2D eigenvalue weighted by molar-refractivity contribution is 0.0857. The van der Waals surface area contributed by atoms with Crippen molar-refractivity contribution in [2.45, 2.75) is 30.8 Å². The minimum atomic E-state index is -3.93. The Morgan fingerprint density at radius 3 is 2.78 bits per heavy atom. The predicted molar refractivity (Wildman–Crippen MR) is 105 cm³/mol. The molecule has 0 aliphatic carbocycles. The Labute approximate surface area is 163 Å². The standard InChI is InChI=1S/C19H21ClN2O4S/c1-13-4-2-5-15(10-13)22-27(24,25)18-11-14(7-8-17(18)20)19(23)21-12-16-6-3-9-26-16/h2,4-5,7-8,10-11,16,22H,3,6,9,12H2,1H3,(H,21,23)/t16-/m0/s1. The molecule has 6 nitrogen and oxygen atoms in total. The Balaban J connectivity index is 1.78. The van der Waals surface area contributed by atoms with Crippen LogP contribution in [0.1, 0.15) is 28.8 Å². The summed E-state index contributed by atoms with van der Waals surface area (Å²) >= 11 is 6.09. The second-order valence-electron chi connectivity index (χ2n) is 6.47. The summed E-state index contributed by atoms with van der Waals surface area (Å²) in [6, 6.07) is 11.2. The third-order valence-electron chi connectivity index (χ3n) is 4.27. The highest BCUT2D eigenvalue weighted by Crippen LogP contribution is 2.25. The van der Waals surface area contributed by atoms with Crippen LogP contribution in [0, 0.1) is 6.92 Å². The van der Waals surface area contributed by atoms with Crippen molar-refractivity contribution in [3.8, 4) is 0 Å². The first-order valence-corrected chi connectivity index (χ1v) is 10.5. The average molecular weight is 409 g/mol. The zero-order chi connectivity index (χ0) is 19.4. The number of rotatable bonds is 6. The molecule has 0 saturated carbocycles. The van der Waals surface area contributed by atoms with Crippen molar-refractivity contribution in [3.63, 3.8) is 0 Å². The first-order valence-electron chi connectivity index (χ1n) is 8.64. The average Bonchev–Trinajstić information content (AvgIpc) is 3.13. The highest BCUT2D eigenvalue weighted by Gasteiger charge is 2.21. The molecule has 144 valence electrons. The van der Waals surface area contributed by atoms with E-state index in [2.05, 4.69) is 10.0 Å². The molecule has 2 aromatic rings. The molecule has 27 heavy (non-hydrogen) atoms. The molecule has 1 saturated heterocycles. The number of sulfonamides is 1. The van der Waals surface area contributed by atoms with Crippen LogP contribution in [0.5, 0.6) is 0 Å². The summed E-state index contributed by atoms with van der Waals surface area (Å²) in [4.78, 5) is 12.2. The fraction of sp³-hybridized carbons (Fsp3) is 0.316. The van der Waals surface area contributed by atoms with E-state index in [0.717, 1.165) is 18.4 Å². The number of nitrogens with one attached hydrogen (secondary N) is 2. The lowest BCUT2D eigenvalue weighted by Crippen LogP contribution is -2.31. The van der Waals surface area contributed by atoms with Crippen molar-refractivity contribution in [3.05, 3.63) is 58.6 Å². The third kappa shape index (κ3) is 5.00. The topological polar surface area (TPSA) is 84.5 Å². The van der Waals surface area contributed by atoms with E-state index in [1.54, 1.807) is 18.2 Å². The molecule has 8 heteroatoms. The van der Waals surface area contributed by atoms with Crippen LogP contribution < -0.4 is 10.0 Å². The minimum Gasteiger partial charge on any atom is -0.376 e. The molecule has 2 N–H and O–H groups in total. The number of hydrogen-bond acceptors (Lipinski definition) is 4. The smallest absolute Gasteiger partial charge is 0.263 e. The Hall–Kier alpha value is -2.09. The Kier molecular flexibility index (Phi) is 6.04. The molecule has 1 fully saturated rings. The van der Waals surface area contributed by atoms with Crippen LogP contribution in [0.25, 0.3) is 0 Å². The molecular weight excluding hydrogens is 388 g/mol. The SMILES string of the molecule is Cc1cccc(NS(=O)(=O)c2cc(C(=O)NC[C@@H]3CCCO3)ccc2Cl)c1. The van der Waals surface area contributed by atoms with Crippen LogP contribution in [-0.4, -0.2) is 33.6 Å². The summed E-state index contributed by atoms with van der Waals surface area (Å²) in [5, 5.41) is 2.82. The van der Waals surface area contributed by atoms with Gasteiger partial charge in [-0.2, -0.15) is 0 Å². The number of carbonyl (C=O) groups excluding carboxylic acids is 1. The number of hydrogen-bond donors (Lipinski definition) is 2. The molecule has 1 aliphatic heterocycles. The lowest BCUT2D eigenvalue weighted by Gasteiger charge is -2.13. The van der Waals surface area contributed by atoms with Crippen LogP contribution in [0.4, 0.5) is 5.69 Å². The quantitative estimate of drug-likeness (QED) is 0.767. The van der Waals surface area contributed by atoms with E-state index in [4.69, 9.17) is 16.3 Å². The van der Waals surface area contributed by atoms with Crippen LogP contribution in [0.15, 0.2) is 47.4 Å². The summed E-state index contributed by atoms with van der Waals surface area (Å²) in [5.74, 6) is -0.367. The van der Waals surface area contributed by atoms with E-state index >= 15 is 0 Å². The van der Waals surface area contributed by atoms with Gasteiger partial charge >= 0.3 is 0 Å². The summed E-state index contributed by atoms with van der Waals surface area (Å²) in [6.45, 7) is 2.96. The summed E-state index contributed by atoms with van der Waals surface area (Å²) in [7, 11) is -3.93. The second-order valence-corrected chi connectivity index (χ2v) is 8.52. The maximum Gasteiger partial charge on any atom is 0.263 e. The Morgan fingerprint density at radius 2 is 2.07 bits per heavy atom. The first kappa shape index (κ1) is 19.7. The molecule has 1 heterocycles. The highest BCUT2D eigenvalue weighted by atomic mass is 35.5.